The Balaban J connectivity index is 2.66. The van der Waals surface area contributed by atoms with Crippen molar-refractivity contribution in [1.29, 1.82) is 0 Å². The van der Waals surface area contributed by atoms with E-state index in [2.05, 4.69) is 43.1 Å². The minimum Gasteiger partial charge on any atom is -0.393 e. The predicted molar refractivity (Wildman–Crippen MR) is 71.9 cm³/mol. The summed E-state index contributed by atoms with van der Waals surface area (Å²) >= 11 is 0. The van der Waals surface area contributed by atoms with E-state index in [0.29, 0.717) is 6.54 Å². The molecular formula is C14H24N2O. The Morgan fingerprint density at radius 3 is 2.35 bits per heavy atom. The third-order valence-electron chi connectivity index (χ3n) is 3.12. The second-order valence-electron chi connectivity index (χ2n) is 4.78. The largest absolute Gasteiger partial charge is 0.393 e. The maximum absolute atomic E-state index is 9.30. The molecule has 0 bridgehead atoms. The maximum atomic E-state index is 9.30. The van der Waals surface area contributed by atoms with Crippen molar-refractivity contribution in [3.05, 3.63) is 35.4 Å². The first-order valence-electron chi connectivity index (χ1n) is 6.19. The Kier molecular flexibility index (Phi) is 5.62. The fourth-order valence-corrected chi connectivity index (χ4v) is 1.91. The van der Waals surface area contributed by atoms with Crippen molar-refractivity contribution >= 4 is 0 Å². The van der Waals surface area contributed by atoms with Gasteiger partial charge in [-0.25, -0.2) is 0 Å². The molecule has 1 aromatic rings. The van der Waals surface area contributed by atoms with Crippen molar-refractivity contribution in [3.63, 3.8) is 0 Å². The van der Waals surface area contributed by atoms with Gasteiger partial charge in [-0.1, -0.05) is 29.8 Å². The van der Waals surface area contributed by atoms with Crippen LogP contribution in [0.2, 0.25) is 0 Å². The van der Waals surface area contributed by atoms with Crippen LogP contribution in [0.3, 0.4) is 0 Å². The van der Waals surface area contributed by atoms with Crippen molar-refractivity contribution in [2.45, 2.75) is 32.4 Å². The zero-order chi connectivity index (χ0) is 12.8. The minimum absolute atomic E-state index is 0.231. The lowest BCUT2D eigenvalue weighted by molar-refractivity contribution is 0.150. The van der Waals surface area contributed by atoms with Gasteiger partial charge in [-0.05, 0) is 32.9 Å². The van der Waals surface area contributed by atoms with E-state index in [9.17, 15) is 5.11 Å². The van der Waals surface area contributed by atoms with Crippen LogP contribution in [0.4, 0.5) is 0 Å². The van der Waals surface area contributed by atoms with Crippen LogP contribution in [0, 0.1) is 6.92 Å². The van der Waals surface area contributed by atoms with Gasteiger partial charge in [0.15, 0.2) is 0 Å². The van der Waals surface area contributed by atoms with Gasteiger partial charge in [0.2, 0.25) is 0 Å². The van der Waals surface area contributed by atoms with E-state index >= 15 is 0 Å². The van der Waals surface area contributed by atoms with Gasteiger partial charge in [0.1, 0.15) is 0 Å². The summed E-state index contributed by atoms with van der Waals surface area (Å²) < 4.78 is 0. The van der Waals surface area contributed by atoms with Crippen LogP contribution < -0.4 is 5.73 Å². The highest BCUT2D eigenvalue weighted by Gasteiger charge is 2.15. The van der Waals surface area contributed by atoms with E-state index in [0.717, 1.165) is 13.0 Å². The molecule has 3 heteroatoms. The monoisotopic (exact) mass is 236 g/mol. The molecule has 0 aliphatic carbocycles. The summed E-state index contributed by atoms with van der Waals surface area (Å²) in [7, 11) is 2.06. The number of likely N-dealkylation sites (N-methyl/N-ethyl adjacent to an activating group) is 1. The highest BCUT2D eigenvalue weighted by molar-refractivity contribution is 5.24. The second kappa shape index (κ2) is 6.74. The Labute approximate surface area is 104 Å². The molecule has 0 heterocycles. The quantitative estimate of drug-likeness (QED) is 0.790. The minimum atomic E-state index is -0.256. The maximum Gasteiger partial charge on any atom is 0.0524 e. The third kappa shape index (κ3) is 4.46. The summed E-state index contributed by atoms with van der Waals surface area (Å²) in [5, 5.41) is 9.30. The zero-order valence-corrected chi connectivity index (χ0v) is 11.1. The van der Waals surface area contributed by atoms with Crippen LogP contribution in [-0.4, -0.2) is 36.2 Å². The number of aryl methyl sites for hydroxylation is 1. The van der Waals surface area contributed by atoms with E-state index in [4.69, 9.17) is 5.73 Å². The molecule has 96 valence electrons. The highest BCUT2D eigenvalue weighted by Crippen LogP contribution is 2.19. The Bertz CT molecular complexity index is 321. The number of hydrogen-bond donors (Lipinski definition) is 2. The van der Waals surface area contributed by atoms with Gasteiger partial charge in [0.25, 0.3) is 0 Å². The molecule has 1 rings (SSSR count). The van der Waals surface area contributed by atoms with Gasteiger partial charge in [-0.3, -0.25) is 4.90 Å². The van der Waals surface area contributed by atoms with Crippen molar-refractivity contribution in [2.24, 2.45) is 5.73 Å². The Hall–Kier alpha value is -0.900. The van der Waals surface area contributed by atoms with Crippen LogP contribution in [0.5, 0.6) is 0 Å². The number of hydrogen-bond acceptors (Lipinski definition) is 3. The molecular weight excluding hydrogens is 212 g/mol. The molecule has 0 aromatic heterocycles. The zero-order valence-electron chi connectivity index (χ0n) is 11.1. The lowest BCUT2D eigenvalue weighted by Gasteiger charge is -2.27. The molecule has 2 unspecified atom stereocenters. The summed E-state index contributed by atoms with van der Waals surface area (Å²) in [4.78, 5) is 2.21. The molecule has 0 amide bonds. The van der Waals surface area contributed by atoms with Gasteiger partial charge >= 0.3 is 0 Å². The SMILES string of the molecule is Cc1ccc(C(CN)N(C)CCC(C)O)cc1. The topological polar surface area (TPSA) is 49.5 Å². The lowest BCUT2D eigenvalue weighted by atomic mass is 10.0. The lowest BCUT2D eigenvalue weighted by Crippen LogP contribution is -2.32. The molecule has 0 aliphatic heterocycles. The second-order valence-corrected chi connectivity index (χ2v) is 4.78. The van der Waals surface area contributed by atoms with E-state index in [1.54, 1.807) is 0 Å². The highest BCUT2D eigenvalue weighted by atomic mass is 16.3. The van der Waals surface area contributed by atoms with E-state index in [-0.39, 0.29) is 12.1 Å². The molecule has 0 spiro atoms. The van der Waals surface area contributed by atoms with E-state index in [1.165, 1.54) is 11.1 Å². The molecule has 1 aromatic carbocycles. The first-order valence-corrected chi connectivity index (χ1v) is 6.19. The van der Waals surface area contributed by atoms with Crippen molar-refractivity contribution in [1.82, 2.24) is 4.90 Å². The predicted octanol–water partition coefficient (Wildman–Crippen LogP) is 1.70. The number of rotatable bonds is 6. The van der Waals surface area contributed by atoms with Gasteiger partial charge in [0, 0.05) is 19.1 Å². The molecule has 3 N–H and O–H groups in total. The summed E-state index contributed by atoms with van der Waals surface area (Å²) in [6.07, 6.45) is 0.521. The molecule has 17 heavy (non-hydrogen) atoms. The molecule has 0 radical (unpaired) electrons. The number of benzene rings is 1. The van der Waals surface area contributed by atoms with Gasteiger partial charge in [-0.15, -0.1) is 0 Å². The number of nitrogens with zero attached hydrogens (tertiary/aromatic N) is 1. The van der Waals surface area contributed by atoms with Crippen LogP contribution >= 0.6 is 0 Å². The summed E-state index contributed by atoms with van der Waals surface area (Å²) in [6, 6.07) is 8.72. The molecule has 0 fully saturated rings. The van der Waals surface area contributed by atoms with Crippen molar-refractivity contribution < 1.29 is 5.11 Å². The third-order valence-corrected chi connectivity index (χ3v) is 3.12. The molecule has 0 aliphatic rings. The van der Waals surface area contributed by atoms with Crippen LogP contribution in [0.25, 0.3) is 0 Å². The summed E-state index contributed by atoms with van der Waals surface area (Å²) in [5.74, 6) is 0. The first kappa shape index (κ1) is 14.2. The number of aliphatic hydroxyl groups is 1. The van der Waals surface area contributed by atoms with Crippen molar-refractivity contribution in [3.8, 4) is 0 Å². The van der Waals surface area contributed by atoms with E-state index < -0.39 is 0 Å². The summed E-state index contributed by atoms with van der Waals surface area (Å²) in [5.41, 5.74) is 8.35. The normalized spacial score (nSPS) is 14.9. The van der Waals surface area contributed by atoms with Gasteiger partial charge in [0.05, 0.1) is 6.10 Å². The summed E-state index contributed by atoms with van der Waals surface area (Å²) in [6.45, 7) is 5.35. The van der Waals surface area contributed by atoms with Crippen LogP contribution in [0.1, 0.15) is 30.5 Å². The van der Waals surface area contributed by atoms with Gasteiger partial charge < -0.3 is 10.8 Å². The molecule has 3 nitrogen and oxygen atoms in total. The molecule has 0 saturated carbocycles. The Morgan fingerprint density at radius 2 is 1.88 bits per heavy atom. The number of aliphatic hydroxyl groups excluding tert-OH is 1. The van der Waals surface area contributed by atoms with Gasteiger partial charge in [-0.2, -0.15) is 0 Å². The van der Waals surface area contributed by atoms with Crippen LogP contribution in [0.15, 0.2) is 24.3 Å². The number of nitrogens with two attached hydrogens (primary N) is 1. The smallest absolute Gasteiger partial charge is 0.0524 e. The Morgan fingerprint density at radius 1 is 1.29 bits per heavy atom. The molecule has 0 saturated heterocycles. The fraction of sp³-hybridized carbons (Fsp3) is 0.571. The average Bonchev–Trinajstić information content (AvgIpc) is 2.30. The van der Waals surface area contributed by atoms with Crippen LogP contribution in [-0.2, 0) is 0 Å². The first-order chi connectivity index (χ1) is 8.04. The fourth-order valence-electron chi connectivity index (χ4n) is 1.91. The average molecular weight is 236 g/mol. The molecule has 2 atom stereocenters. The van der Waals surface area contributed by atoms with Crippen molar-refractivity contribution in [2.75, 3.05) is 20.1 Å². The standard InChI is InChI=1S/C14H24N2O/c1-11-4-6-13(7-5-11)14(10-15)16(3)9-8-12(2)17/h4-7,12,14,17H,8-10,15H2,1-3H3. The van der Waals surface area contributed by atoms with E-state index in [1.807, 2.05) is 6.92 Å².